The van der Waals surface area contributed by atoms with E-state index in [9.17, 15) is 9.59 Å². The Morgan fingerprint density at radius 1 is 1.10 bits per heavy atom. The summed E-state index contributed by atoms with van der Waals surface area (Å²) in [6, 6.07) is 19.1. The maximum absolute atomic E-state index is 13.2. The summed E-state index contributed by atoms with van der Waals surface area (Å²) in [5.41, 5.74) is 2.08. The van der Waals surface area contributed by atoms with Crippen LogP contribution < -0.4 is 10.1 Å². The smallest absolute Gasteiger partial charge is 0.261 e. The summed E-state index contributed by atoms with van der Waals surface area (Å²) in [4.78, 5) is 27.3. The summed E-state index contributed by atoms with van der Waals surface area (Å²) in [7, 11) is 1.59. The van der Waals surface area contributed by atoms with Gasteiger partial charge in [0.05, 0.1) is 4.47 Å². The second-order valence-corrected chi connectivity index (χ2v) is 8.23. The molecule has 0 bridgehead atoms. The van der Waals surface area contributed by atoms with Crippen LogP contribution >= 0.6 is 15.9 Å². The Morgan fingerprint density at radius 3 is 2.58 bits per heavy atom. The molecule has 31 heavy (non-hydrogen) atoms. The molecule has 0 aliphatic rings. The van der Waals surface area contributed by atoms with Crippen molar-refractivity contribution in [1.29, 1.82) is 0 Å². The van der Waals surface area contributed by atoms with Gasteiger partial charge in [0.2, 0.25) is 5.91 Å². The van der Waals surface area contributed by atoms with Gasteiger partial charge in [-0.2, -0.15) is 0 Å². The molecule has 0 aliphatic carbocycles. The number of rotatable bonds is 8. The number of nitrogens with zero attached hydrogens (tertiary/aromatic N) is 1. The maximum atomic E-state index is 13.2. The minimum atomic E-state index is -0.568. The average molecular weight is 483 g/mol. The molecule has 0 unspecified atom stereocenters. The maximum Gasteiger partial charge on any atom is 0.261 e. The van der Waals surface area contributed by atoms with Crippen LogP contribution in [-0.4, -0.2) is 36.4 Å². The highest BCUT2D eigenvalue weighted by atomic mass is 79.9. The first-order valence-corrected chi connectivity index (χ1v) is 11.1. The third-order valence-electron chi connectivity index (χ3n) is 5.25. The highest BCUT2D eigenvalue weighted by molar-refractivity contribution is 9.10. The first kappa shape index (κ1) is 22.8. The van der Waals surface area contributed by atoms with Gasteiger partial charge >= 0.3 is 0 Å². The Bertz CT molecular complexity index is 1080. The predicted molar refractivity (Wildman–Crippen MR) is 127 cm³/mol. The molecule has 5 nitrogen and oxygen atoms in total. The largest absolute Gasteiger partial charge is 0.483 e. The van der Waals surface area contributed by atoms with Crippen LogP contribution in [0.2, 0.25) is 0 Å². The molecule has 0 saturated heterocycles. The third kappa shape index (κ3) is 5.44. The van der Waals surface area contributed by atoms with Crippen LogP contribution in [0.4, 0.5) is 0 Å². The summed E-state index contributed by atoms with van der Waals surface area (Å²) >= 11 is 3.59. The molecule has 0 spiro atoms. The minimum absolute atomic E-state index is 0.156. The number of hydrogen-bond donors (Lipinski definition) is 1. The molecule has 1 atom stereocenters. The van der Waals surface area contributed by atoms with Crippen molar-refractivity contribution in [2.45, 2.75) is 32.9 Å². The van der Waals surface area contributed by atoms with Crippen molar-refractivity contribution in [3.8, 4) is 5.75 Å². The molecule has 0 aliphatic heterocycles. The molecule has 2 amide bonds. The van der Waals surface area contributed by atoms with Crippen LogP contribution in [-0.2, 0) is 16.1 Å². The van der Waals surface area contributed by atoms with Gasteiger partial charge in [0.15, 0.2) is 6.61 Å². The SMILES string of the molecule is CC[C@H](C(=O)NC)N(Cc1cccc(C)c1)C(=O)COc1ccc2ccccc2c1Br. The van der Waals surface area contributed by atoms with Crippen LogP contribution in [0.15, 0.2) is 65.1 Å². The van der Waals surface area contributed by atoms with E-state index in [2.05, 4.69) is 21.2 Å². The number of carbonyl (C=O) groups excluding carboxylic acids is 2. The van der Waals surface area contributed by atoms with Crippen LogP contribution in [0, 0.1) is 6.92 Å². The second-order valence-electron chi connectivity index (χ2n) is 7.44. The van der Waals surface area contributed by atoms with E-state index in [1.54, 1.807) is 11.9 Å². The first-order chi connectivity index (χ1) is 14.9. The van der Waals surface area contributed by atoms with Crippen LogP contribution in [0.25, 0.3) is 10.8 Å². The molecule has 0 aromatic heterocycles. The molecule has 3 aromatic carbocycles. The van der Waals surface area contributed by atoms with E-state index >= 15 is 0 Å². The standard InChI is InChI=1S/C25H27BrN2O3/c1-4-21(25(30)27-3)28(15-18-9-7-8-17(2)14-18)23(29)16-31-22-13-12-19-10-5-6-11-20(19)24(22)26/h5-14,21H,4,15-16H2,1-3H3,(H,27,30)/t21-/m1/s1. The van der Waals surface area contributed by atoms with E-state index in [1.165, 1.54) is 0 Å². The van der Waals surface area contributed by atoms with Crippen LogP contribution in [0.1, 0.15) is 24.5 Å². The normalized spacial score (nSPS) is 11.7. The van der Waals surface area contributed by atoms with Gasteiger partial charge in [0.1, 0.15) is 11.8 Å². The molecule has 3 aromatic rings. The van der Waals surface area contributed by atoms with Gasteiger partial charge in [-0.15, -0.1) is 0 Å². The fraction of sp³-hybridized carbons (Fsp3) is 0.280. The van der Waals surface area contributed by atoms with E-state index in [4.69, 9.17) is 4.74 Å². The highest BCUT2D eigenvalue weighted by Crippen LogP contribution is 2.33. The quantitative estimate of drug-likeness (QED) is 0.499. The van der Waals surface area contributed by atoms with Gasteiger partial charge in [-0.25, -0.2) is 0 Å². The average Bonchev–Trinajstić information content (AvgIpc) is 2.78. The van der Waals surface area contributed by atoms with Crippen LogP contribution in [0.5, 0.6) is 5.75 Å². The van der Waals surface area contributed by atoms with Crippen molar-refractivity contribution in [1.82, 2.24) is 10.2 Å². The topological polar surface area (TPSA) is 58.6 Å². The number of ether oxygens (including phenoxy) is 1. The summed E-state index contributed by atoms with van der Waals surface area (Å²) < 4.78 is 6.69. The molecule has 0 saturated carbocycles. The van der Waals surface area contributed by atoms with Crippen molar-refractivity contribution in [2.24, 2.45) is 0 Å². The lowest BCUT2D eigenvalue weighted by molar-refractivity contribution is -0.142. The molecule has 6 heteroatoms. The number of nitrogens with one attached hydrogen (secondary N) is 1. The molecule has 1 N–H and O–H groups in total. The fourth-order valence-electron chi connectivity index (χ4n) is 3.64. The molecular formula is C25H27BrN2O3. The Kier molecular flexibility index (Phi) is 7.69. The van der Waals surface area contributed by atoms with Gasteiger partial charge in [0.25, 0.3) is 5.91 Å². The number of amides is 2. The van der Waals surface area contributed by atoms with E-state index in [0.717, 1.165) is 26.4 Å². The predicted octanol–water partition coefficient (Wildman–Crippen LogP) is 4.84. The Labute approximate surface area is 191 Å². The number of carbonyl (C=O) groups is 2. The van der Waals surface area contributed by atoms with Crippen molar-refractivity contribution in [3.63, 3.8) is 0 Å². The molecular weight excluding hydrogens is 456 g/mol. The van der Waals surface area contributed by atoms with E-state index < -0.39 is 6.04 Å². The van der Waals surface area contributed by atoms with Gasteiger partial charge in [0, 0.05) is 13.6 Å². The van der Waals surface area contributed by atoms with Gasteiger partial charge < -0.3 is 15.0 Å². The van der Waals surface area contributed by atoms with Gasteiger partial charge in [-0.1, -0.05) is 67.1 Å². The molecule has 0 fully saturated rings. The van der Waals surface area contributed by atoms with E-state index in [0.29, 0.717) is 18.7 Å². The van der Waals surface area contributed by atoms with Crippen molar-refractivity contribution < 1.29 is 14.3 Å². The molecule has 0 radical (unpaired) electrons. The summed E-state index contributed by atoms with van der Waals surface area (Å²) in [5.74, 6) is 0.169. The van der Waals surface area contributed by atoms with Crippen molar-refractivity contribution in [3.05, 3.63) is 76.3 Å². The fourth-order valence-corrected chi connectivity index (χ4v) is 4.25. The first-order valence-electron chi connectivity index (χ1n) is 10.3. The number of halogens is 1. The van der Waals surface area contributed by atoms with E-state index in [-0.39, 0.29) is 18.4 Å². The zero-order chi connectivity index (χ0) is 22.4. The van der Waals surface area contributed by atoms with Crippen LogP contribution in [0.3, 0.4) is 0 Å². The summed E-state index contributed by atoms with van der Waals surface area (Å²) in [6.45, 7) is 4.09. The zero-order valence-corrected chi connectivity index (χ0v) is 19.6. The van der Waals surface area contributed by atoms with Crippen molar-refractivity contribution in [2.75, 3.05) is 13.7 Å². The van der Waals surface area contributed by atoms with Gasteiger partial charge in [-0.3, -0.25) is 9.59 Å². The van der Waals surface area contributed by atoms with Crippen molar-refractivity contribution >= 4 is 38.5 Å². The lowest BCUT2D eigenvalue weighted by Gasteiger charge is -2.30. The highest BCUT2D eigenvalue weighted by Gasteiger charge is 2.28. The van der Waals surface area contributed by atoms with Gasteiger partial charge in [-0.05, 0) is 51.7 Å². The monoisotopic (exact) mass is 482 g/mol. The Balaban J connectivity index is 1.82. The Hall–Kier alpha value is -2.86. The number of fused-ring (bicyclic) bond motifs is 1. The summed E-state index contributed by atoms with van der Waals surface area (Å²) in [5, 5.41) is 4.77. The Morgan fingerprint density at radius 2 is 1.87 bits per heavy atom. The number of hydrogen-bond acceptors (Lipinski definition) is 3. The lowest BCUT2D eigenvalue weighted by atomic mass is 10.1. The molecule has 3 rings (SSSR count). The third-order valence-corrected chi connectivity index (χ3v) is 6.06. The summed E-state index contributed by atoms with van der Waals surface area (Å²) in [6.07, 6.45) is 0.511. The second kappa shape index (κ2) is 10.4. The molecule has 0 heterocycles. The number of benzene rings is 3. The number of aryl methyl sites for hydroxylation is 1. The lowest BCUT2D eigenvalue weighted by Crippen LogP contribution is -2.49. The number of likely N-dealkylation sites (N-methyl/N-ethyl adjacent to an activating group) is 1. The molecule has 162 valence electrons. The minimum Gasteiger partial charge on any atom is -0.483 e. The van der Waals surface area contributed by atoms with E-state index in [1.807, 2.05) is 74.5 Å². The zero-order valence-electron chi connectivity index (χ0n) is 18.0.